The van der Waals surface area contributed by atoms with Gasteiger partial charge in [-0.15, -0.1) is 0 Å². The van der Waals surface area contributed by atoms with Crippen molar-refractivity contribution >= 4 is 27.8 Å². The van der Waals surface area contributed by atoms with E-state index in [1.165, 1.54) is 0 Å². The van der Waals surface area contributed by atoms with Gasteiger partial charge in [-0.1, -0.05) is 97.1 Å². The van der Waals surface area contributed by atoms with Crippen LogP contribution in [0.25, 0.3) is 44.7 Å². The lowest BCUT2D eigenvalue weighted by molar-refractivity contribution is 0.446. The molecule has 5 heteroatoms. The number of ether oxygens (including phenoxy) is 2. The molecule has 202 valence electrons. The van der Waals surface area contributed by atoms with Crippen molar-refractivity contribution in [2.24, 2.45) is 0 Å². The second kappa shape index (κ2) is 9.29. The summed E-state index contributed by atoms with van der Waals surface area (Å²) in [6.45, 7) is 0. The highest BCUT2D eigenvalue weighted by Crippen LogP contribution is 2.60. The molecular formula is C38H23N3O2. The largest absolute Gasteiger partial charge is 0.453 e. The highest BCUT2D eigenvalue weighted by molar-refractivity contribution is 5.99. The highest BCUT2D eigenvalue weighted by atomic mass is 16.5. The van der Waals surface area contributed by atoms with E-state index < -0.39 is 0 Å². The monoisotopic (exact) mass is 553 g/mol. The molecule has 0 N–H and O–H groups in total. The molecule has 0 aliphatic carbocycles. The molecule has 0 unspecified atom stereocenters. The Morgan fingerprint density at radius 1 is 0.419 bits per heavy atom. The summed E-state index contributed by atoms with van der Waals surface area (Å²) >= 11 is 0. The van der Waals surface area contributed by atoms with Gasteiger partial charge in [0.2, 0.25) is 0 Å². The summed E-state index contributed by atoms with van der Waals surface area (Å²) in [5.41, 5.74) is 7.37. The predicted molar refractivity (Wildman–Crippen MR) is 171 cm³/mol. The molecule has 0 fully saturated rings. The first-order valence-electron chi connectivity index (χ1n) is 14.2. The van der Waals surface area contributed by atoms with Crippen LogP contribution in [-0.2, 0) is 0 Å². The van der Waals surface area contributed by atoms with Gasteiger partial charge >= 0.3 is 0 Å². The van der Waals surface area contributed by atoms with E-state index in [1.54, 1.807) is 0 Å². The summed E-state index contributed by atoms with van der Waals surface area (Å²) < 4.78 is 13.2. The molecule has 2 aliphatic rings. The second-order valence-corrected chi connectivity index (χ2v) is 10.7. The molecule has 0 bridgehead atoms. The first-order valence-corrected chi connectivity index (χ1v) is 14.2. The lowest BCUT2D eigenvalue weighted by atomic mass is 10.0. The van der Waals surface area contributed by atoms with E-state index in [4.69, 9.17) is 19.4 Å². The lowest BCUT2D eigenvalue weighted by Crippen LogP contribution is -2.20. The quantitative estimate of drug-likeness (QED) is 0.218. The smallest absolute Gasteiger partial charge is 0.160 e. The molecule has 3 heterocycles. The van der Waals surface area contributed by atoms with Crippen molar-refractivity contribution in [3.05, 3.63) is 140 Å². The number of hydrogen-bond acceptors (Lipinski definition) is 5. The Bertz CT molecular complexity index is 2140. The maximum atomic E-state index is 6.66. The molecule has 0 atom stereocenters. The summed E-state index contributed by atoms with van der Waals surface area (Å²) in [7, 11) is 0. The number of anilines is 3. The van der Waals surface area contributed by atoms with Gasteiger partial charge < -0.3 is 9.47 Å². The van der Waals surface area contributed by atoms with Crippen LogP contribution >= 0.6 is 0 Å². The number of para-hydroxylation sites is 2. The minimum absolute atomic E-state index is 0.598. The van der Waals surface area contributed by atoms with E-state index in [1.807, 2.05) is 78.9 Å². The van der Waals surface area contributed by atoms with Gasteiger partial charge in [0.25, 0.3) is 0 Å². The standard InChI is InChI=1S/C38H23N3O2/c1-3-11-24(12-4-1)29-23-30(25-13-5-2-6-14-25)40-38(39-29)28-21-35-37-36(22-28)43-34-20-27-16-8-7-15-26(27)19-32(34)41(37)31-17-9-10-18-33(31)42-35/h1-23H. The number of nitrogens with zero attached hydrogens (tertiary/aromatic N) is 3. The van der Waals surface area contributed by atoms with Crippen molar-refractivity contribution < 1.29 is 9.47 Å². The zero-order valence-corrected chi connectivity index (χ0v) is 22.9. The van der Waals surface area contributed by atoms with Crippen molar-refractivity contribution in [1.82, 2.24) is 9.97 Å². The van der Waals surface area contributed by atoms with Crippen molar-refractivity contribution in [3.63, 3.8) is 0 Å². The zero-order valence-electron chi connectivity index (χ0n) is 22.9. The molecule has 9 rings (SSSR count). The van der Waals surface area contributed by atoms with Crippen LogP contribution in [0.3, 0.4) is 0 Å². The molecule has 0 saturated carbocycles. The Labute approximate surface area is 248 Å². The minimum Gasteiger partial charge on any atom is -0.453 e. The first-order chi connectivity index (χ1) is 21.3. The van der Waals surface area contributed by atoms with Crippen LogP contribution in [-0.4, -0.2) is 9.97 Å². The molecule has 2 aliphatic heterocycles. The molecule has 1 aromatic heterocycles. The number of aromatic nitrogens is 2. The zero-order chi connectivity index (χ0) is 28.3. The van der Waals surface area contributed by atoms with Crippen LogP contribution in [0.5, 0.6) is 23.0 Å². The van der Waals surface area contributed by atoms with Crippen LogP contribution in [0, 0.1) is 0 Å². The van der Waals surface area contributed by atoms with E-state index in [0.717, 1.165) is 67.4 Å². The third-order valence-corrected chi connectivity index (χ3v) is 8.00. The van der Waals surface area contributed by atoms with E-state index in [0.29, 0.717) is 17.3 Å². The Balaban J connectivity index is 1.27. The van der Waals surface area contributed by atoms with Gasteiger partial charge in [-0.2, -0.15) is 0 Å². The third kappa shape index (κ3) is 3.86. The molecule has 0 amide bonds. The fraction of sp³-hybridized carbons (Fsp3) is 0. The summed E-state index contributed by atoms with van der Waals surface area (Å²) in [5.74, 6) is 3.55. The number of hydrogen-bond donors (Lipinski definition) is 0. The molecular weight excluding hydrogens is 530 g/mol. The highest BCUT2D eigenvalue weighted by Gasteiger charge is 2.35. The van der Waals surface area contributed by atoms with Crippen molar-refractivity contribution in [2.45, 2.75) is 0 Å². The normalized spacial score (nSPS) is 12.5. The van der Waals surface area contributed by atoms with Gasteiger partial charge in [0, 0.05) is 16.7 Å². The van der Waals surface area contributed by atoms with Gasteiger partial charge in [0.15, 0.2) is 28.8 Å². The van der Waals surface area contributed by atoms with Crippen LogP contribution < -0.4 is 14.4 Å². The number of fused-ring (bicyclic) bond motifs is 5. The molecule has 7 aromatic rings. The molecule has 6 aromatic carbocycles. The van der Waals surface area contributed by atoms with Crippen LogP contribution in [0.4, 0.5) is 17.1 Å². The van der Waals surface area contributed by atoms with Gasteiger partial charge in [-0.3, -0.25) is 4.90 Å². The Morgan fingerprint density at radius 3 is 1.65 bits per heavy atom. The van der Waals surface area contributed by atoms with Crippen molar-refractivity contribution in [1.29, 1.82) is 0 Å². The molecule has 0 radical (unpaired) electrons. The van der Waals surface area contributed by atoms with Gasteiger partial charge in [0.1, 0.15) is 5.69 Å². The average molecular weight is 554 g/mol. The SMILES string of the molecule is c1ccc(-c2cc(-c3ccccc3)nc(-c3cc4c5c(c3)Oc3cc6ccccc6cc3N5c3ccccc3O4)n2)cc1. The average Bonchev–Trinajstić information content (AvgIpc) is 3.07. The second-order valence-electron chi connectivity index (χ2n) is 10.7. The fourth-order valence-corrected chi connectivity index (χ4v) is 5.98. The molecule has 0 spiro atoms. The van der Waals surface area contributed by atoms with E-state index in [-0.39, 0.29) is 0 Å². The maximum absolute atomic E-state index is 6.66. The Kier molecular flexibility index (Phi) is 5.13. The van der Waals surface area contributed by atoms with Crippen LogP contribution in [0.2, 0.25) is 0 Å². The van der Waals surface area contributed by atoms with Crippen molar-refractivity contribution in [3.8, 4) is 56.9 Å². The van der Waals surface area contributed by atoms with E-state index in [9.17, 15) is 0 Å². The number of benzene rings is 6. The topological polar surface area (TPSA) is 47.5 Å². The van der Waals surface area contributed by atoms with E-state index in [2.05, 4.69) is 65.6 Å². The van der Waals surface area contributed by atoms with Crippen LogP contribution in [0.15, 0.2) is 140 Å². The van der Waals surface area contributed by atoms with Gasteiger partial charge in [0.05, 0.1) is 22.8 Å². The Morgan fingerprint density at radius 2 is 0.977 bits per heavy atom. The van der Waals surface area contributed by atoms with E-state index >= 15 is 0 Å². The summed E-state index contributed by atoms with van der Waals surface area (Å²) in [5, 5.41) is 2.27. The van der Waals surface area contributed by atoms with Gasteiger partial charge in [-0.25, -0.2) is 9.97 Å². The molecule has 43 heavy (non-hydrogen) atoms. The summed E-state index contributed by atoms with van der Waals surface area (Å²) in [4.78, 5) is 12.4. The summed E-state index contributed by atoms with van der Waals surface area (Å²) in [6, 6.07) is 47.2. The lowest BCUT2D eigenvalue weighted by Gasteiger charge is -2.38. The fourth-order valence-electron chi connectivity index (χ4n) is 5.98. The maximum Gasteiger partial charge on any atom is 0.160 e. The predicted octanol–water partition coefficient (Wildman–Crippen LogP) is 10.3. The Hall–Kier alpha value is -5.94. The van der Waals surface area contributed by atoms with Crippen molar-refractivity contribution in [2.75, 3.05) is 4.90 Å². The number of rotatable bonds is 3. The first kappa shape index (κ1) is 23.7. The molecule has 5 nitrogen and oxygen atoms in total. The van der Waals surface area contributed by atoms with Crippen LogP contribution in [0.1, 0.15) is 0 Å². The third-order valence-electron chi connectivity index (χ3n) is 8.00. The molecule has 0 saturated heterocycles. The minimum atomic E-state index is 0.598. The van der Waals surface area contributed by atoms with Gasteiger partial charge in [-0.05, 0) is 53.2 Å². The summed E-state index contributed by atoms with van der Waals surface area (Å²) in [6.07, 6.45) is 0.